The predicted octanol–water partition coefficient (Wildman–Crippen LogP) is 3.09. The van der Waals surface area contributed by atoms with Crippen LogP contribution in [-0.4, -0.2) is 23.6 Å². The standard InChI is InChI=1S/C16H21N3O2/c1-4-9-20-14-5-7-15(8-6-14)21-16-18-11-13(10-17-3)12(2)19-16/h5-8,11,17H,4,9-10H2,1-3H3. The molecule has 0 saturated heterocycles. The third-order valence-corrected chi connectivity index (χ3v) is 2.93. The van der Waals surface area contributed by atoms with Crippen LogP contribution < -0.4 is 14.8 Å². The molecule has 1 aromatic carbocycles. The largest absolute Gasteiger partial charge is 0.494 e. The molecule has 1 N–H and O–H groups in total. The second kappa shape index (κ2) is 7.59. The van der Waals surface area contributed by atoms with Gasteiger partial charge in [-0.2, -0.15) is 4.98 Å². The molecular formula is C16H21N3O2. The van der Waals surface area contributed by atoms with Crippen LogP contribution in [0.3, 0.4) is 0 Å². The number of nitrogens with zero attached hydrogens (tertiary/aromatic N) is 2. The van der Waals surface area contributed by atoms with Crippen molar-refractivity contribution in [1.82, 2.24) is 15.3 Å². The highest BCUT2D eigenvalue weighted by Crippen LogP contribution is 2.22. The molecule has 0 bridgehead atoms. The summed E-state index contributed by atoms with van der Waals surface area (Å²) in [6.07, 6.45) is 2.78. The summed E-state index contributed by atoms with van der Waals surface area (Å²) in [5, 5.41) is 3.08. The summed E-state index contributed by atoms with van der Waals surface area (Å²) < 4.78 is 11.2. The van der Waals surface area contributed by atoms with Crippen molar-refractivity contribution in [1.29, 1.82) is 0 Å². The molecule has 1 heterocycles. The Bertz CT molecular complexity index is 570. The predicted molar refractivity (Wildman–Crippen MR) is 81.8 cm³/mol. The quantitative estimate of drug-likeness (QED) is 0.848. The zero-order valence-electron chi connectivity index (χ0n) is 12.7. The average Bonchev–Trinajstić information content (AvgIpc) is 2.49. The average molecular weight is 287 g/mol. The maximum Gasteiger partial charge on any atom is 0.322 e. The molecule has 2 aromatic rings. The fourth-order valence-corrected chi connectivity index (χ4v) is 1.81. The third-order valence-electron chi connectivity index (χ3n) is 2.93. The van der Waals surface area contributed by atoms with Crippen molar-refractivity contribution in [2.24, 2.45) is 0 Å². The van der Waals surface area contributed by atoms with Gasteiger partial charge in [-0.05, 0) is 44.7 Å². The molecule has 0 saturated carbocycles. The number of aryl methyl sites for hydroxylation is 1. The van der Waals surface area contributed by atoms with Crippen LogP contribution in [0.1, 0.15) is 24.6 Å². The minimum Gasteiger partial charge on any atom is -0.494 e. The van der Waals surface area contributed by atoms with Crippen LogP contribution in [0.15, 0.2) is 30.5 Å². The van der Waals surface area contributed by atoms with E-state index in [1.54, 1.807) is 6.20 Å². The number of benzene rings is 1. The summed E-state index contributed by atoms with van der Waals surface area (Å²) in [6, 6.07) is 7.83. The van der Waals surface area contributed by atoms with Crippen molar-refractivity contribution in [3.05, 3.63) is 41.7 Å². The van der Waals surface area contributed by atoms with Gasteiger partial charge >= 0.3 is 6.01 Å². The van der Waals surface area contributed by atoms with Crippen LogP contribution >= 0.6 is 0 Å². The maximum absolute atomic E-state index is 5.65. The van der Waals surface area contributed by atoms with E-state index in [1.165, 1.54) is 0 Å². The summed E-state index contributed by atoms with van der Waals surface area (Å²) in [6.45, 7) is 5.49. The van der Waals surface area contributed by atoms with Crippen LogP contribution in [0.25, 0.3) is 0 Å². The van der Waals surface area contributed by atoms with Gasteiger partial charge in [0.2, 0.25) is 0 Å². The van der Waals surface area contributed by atoms with Gasteiger partial charge in [-0.25, -0.2) is 4.98 Å². The molecule has 0 fully saturated rings. The Morgan fingerprint density at radius 1 is 1.14 bits per heavy atom. The maximum atomic E-state index is 5.65. The second-order valence-corrected chi connectivity index (χ2v) is 4.72. The first-order valence-electron chi connectivity index (χ1n) is 7.10. The lowest BCUT2D eigenvalue weighted by Crippen LogP contribution is -2.08. The topological polar surface area (TPSA) is 56.3 Å². The van der Waals surface area contributed by atoms with Gasteiger partial charge in [-0.15, -0.1) is 0 Å². The molecule has 1 aromatic heterocycles. The highest BCUT2D eigenvalue weighted by Gasteiger charge is 2.05. The van der Waals surface area contributed by atoms with Gasteiger partial charge in [0, 0.05) is 24.0 Å². The van der Waals surface area contributed by atoms with Gasteiger partial charge in [0.05, 0.1) is 6.61 Å². The smallest absolute Gasteiger partial charge is 0.322 e. The van der Waals surface area contributed by atoms with Gasteiger partial charge < -0.3 is 14.8 Å². The lowest BCUT2D eigenvalue weighted by molar-refractivity contribution is 0.317. The van der Waals surface area contributed by atoms with Crippen molar-refractivity contribution in [2.75, 3.05) is 13.7 Å². The molecule has 5 nitrogen and oxygen atoms in total. The second-order valence-electron chi connectivity index (χ2n) is 4.72. The monoisotopic (exact) mass is 287 g/mol. The Hall–Kier alpha value is -2.14. The number of ether oxygens (including phenoxy) is 2. The third kappa shape index (κ3) is 4.43. The zero-order chi connectivity index (χ0) is 15.1. The lowest BCUT2D eigenvalue weighted by atomic mass is 10.2. The first-order chi connectivity index (χ1) is 10.2. The molecule has 0 atom stereocenters. The van der Waals surface area contributed by atoms with E-state index in [1.807, 2.05) is 38.2 Å². The van der Waals surface area contributed by atoms with E-state index in [0.29, 0.717) is 11.8 Å². The van der Waals surface area contributed by atoms with Gasteiger partial charge in [-0.1, -0.05) is 6.92 Å². The lowest BCUT2D eigenvalue weighted by Gasteiger charge is -2.08. The summed E-state index contributed by atoms with van der Waals surface area (Å²) >= 11 is 0. The Morgan fingerprint density at radius 2 is 1.86 bits per heavy atom. The fourth-order valence-electron chi connectivity index (χ4n) is 1.81. The molecule has 2 rings (SSSR count). The minimum atomic E-state index is 0.356. The zero-order valence-corrected chi connectivity index (χ0v) is 12.7. The van der Waals surface area contributed by atoms with Gasteiger partial charge in [0.25, 0.3) is 0 Å². The van der Waals surface area contributed by atoms with E-state index in [2.05, 4.69) is 22.2 Å². The molecule has 0 amide bonds. The van der Waals surface area contributed by atoms with Crippen LogP contribution in [0.2, 0.25) is 0 Å². The molecule has 5 heteroatoms. The van der Waals surface area contributed by atoms with Crippen LogP contribution in [-0.2, 0) is 6.54 Å². The summed E-state index contributed by atoms with van der Waals surface area (Å²) in [5.41, 5.74) is 1.98. The number of nitrogens with one attached hydrogen (secondary N) is 1. The van der Waals surface area contributed by atoms with Crippen LogP contribution in [0, 0.1) is 6.92 Å². The summed E-state index contributed by atoms with van der Waals surface area (Å²) in [7, 11) is 1.89. The van der Waals surface area contributed by atoms with Gasteiger partial charge in [0.15, 0.2) is 0 Å². The number of hydrogen-bond donors (Lipinski definition) is 1. The van der Waals surface area contributed by atoms with Crippen molar-refractivity contribution in [2.45, 2.75) is 26.8 Å². The van der Waals surface area contributed by atoms with Crippen LogP contribution in [0.5, 0.6) is 17.5 Å². The Balaban J connectivity index is 2.02. The fraction of sp³-hybridized carbons (Fsp3) is 0.375. The Morgan fingerprint density at radius 3 is 2.48 bits per heavy atom. The number of rotatable bonds is 7. The molecule has 21 heavy (non-hydrogen) atoms. The van der Waals surface area contributed by atoms with Crippen molar-refractivity contribution < 1.29 is 9.47 Å². The summed E-state index contributed by atoms with van der Waals surface area (Å²) in [4.78, 5) is 8.58. The SMILES string of the molecule is CCCOc1ccc(Oc2ncc(CNC)c(C)n2)cc1. The van der Waals surface area contributed by atoms with Gasteiger partial charge in [0.1, 0.15) is 11.5 Å². The van der Waals surface area contributed by atoms with Crippen molar-refractivity contribution in [3.63, 3.8) is 0 Å². The molecule has 0 aliphatic rings. The minimum absolute atomic E-state index is 0.356. The molecule has 0 radical (unpaired) electrons. The molecule has 0 aliphatic heterocycles. The molecule has 0 unspecified atom stereocenters. The van der Waals surface area contributed by atoms with E-state index in [9.17, 15) is 0 Å². The van der Waals surface area contributed by atoms with E-state index in [4.69, 9.17) is 9.47 Å². The van der Waals surface area contributed by atoms with E-state index < -0.39 is 0 Å². The molecule has 112 valence electrons. The normalized spacial score (nSPS) is 10.4. The van der Waals surface area contributed by atoms with Crippen LogP contribution in [0.4, 0.5) is 0 Å². The number of aromatic nitrogens is 2. The first-order valence-corrected chi connectivity index (χ1v) is 7.10. The molecule has 0 aliphatic carbocycles. The van der Waals surface area contributed by atoms with Crippen molar-refractivity contribution in [3.8, 4) is 17.5 Å². The molecule has 0 spiro atoms. The van der Waals surface area contributed by atoms with E-state index in [0.717, 1.165) is 36.6 Å². The first kappa shape index (κ1) is 15.3. The van der Waals surface area contributed by atoms with E-state index >= 15 is 0 Å². The highest BCUT2D eigenvalue weighted by atomic mass is 16.5. The Labute approximate surface area is 125 Å². The van der Waals surface area contributed by atoms with E-state index in [-0.39, 0.29) is 0 Å². The van der Waals surface area contributed by atoms with Crippen molar-refractivity contribution >= 4 is 0 Å². The highest BCUT2D eigenvalue weighted by molar-refractivity contribution is 5.33. The molecular weight excluding hydrogens is 266 g/mol. The number of hydrogen-bond acceptors (Lipinski definition) is 5. The summed E-state index contributed by atoms with van der Waals surface area (Å²) in [5.74, 6) is 1.53. The van der Waals surface area contributed by atoms with Gasteiger partial charge in [-0.3, -0.25) is 0 Å². The Kier molecular flexibility index (Phi) is 5.51.